The Morgan fingerprint density at radius 2 is 2.20 bits per heavy atom. The van der Waals surface area contributed by atoms with Crippen molar-refractivity contribution in [3.05, 3.63) is 36.0 Å². The molecule has 106 valence electrons. The van der Waals surface area contributed by atoms with E-state index in [4.69, 9.17) is 9.47 Å². The highest BCUT2D eigenvalue weighted by Gasteiger charge is 2.17. The first-order valence-electron chi connectivity index (χ1n) is 7.10. The Morgan fingerprint density at radius 1 is 1.35 bits per heavy atom. The summed E-state index contributed by atoms with van der Waals surface area (Å²) in [6.45, 7) is 3.14. The van der Waals surface area contributed by atoms with Crippen LogP contribution in [0.25, 0.3) is 10.8 Å². The Labute approximate surface area is 119 Å². The van der Waals surface area contributed by atoms with Gasteiger partial charge in [0.05, 0.1) is 13.2 Å². The molecule has 1 saturated heterocycles. The fourth-order valence-electron chi connectivity index (χ4n) is 2.58. The van der Waals surface area contributed by atoms with E-state index in [-0.39, 0.29) is 0 Å². The molecule has 1 aromatic heterocycles. The molecule has 1 atom stereocenters. The second-order valence-corrected chi connectivity index (χ2v) is 5.21. The van der Waals surface area contributed by atoms with Crippen molar-refractivity contribution < 1.29 is 9.47 Å². The number of pyridine rings is 1. The molecule has 1 fully saturated rings. The molecule has 1 unspecified atom stereocenters. The number of nitrogens with zero attached hydrogens (tertiary/aromatic N) is 1. The van der Waals surface area contributed by atoms with E-state index in [0.29, 0.717) is 12.5 Å². The number of benzene rings is 1. The molecule has 1 aliphatic heterocycles. The minimum Gasteiger partial charge on any atom is -0.477 e. The van der Waals surface area contributed by atoms with Crippen molar-refractivity contribution in [3.8, 4) is 5.88 Å². The van der Waals surface area contributed by atoms with Gasteiger partial charge in [0, 0.05) is 30.7 Å². The second-order valence-electron chi connectivity index (χ2n) is 5.21. The maximum atomic E-state index is 5.92. The number of hydrogen-bond donors (Lipinski definition) is 1. The molecule has 0 saturated carbocycles. The Bertz CT molecular complexity index is 580. The molecule has 1 aromatic carbocycles. The van der Waals surface area contributed by atoms with Crippen LogP contribution in [-0.4, -0.2) is 31.9 Å². The van der Waals surface area contributed by atoms with Gasteiger partial charge >= 0.3 is 0 Å². The fraction of sp³-hybridized carbons (Fsp3) is 0.438. The van der Waals surface area contributed by atoms with E-state index in [1.165, 1.54) is 10.9 Å². The maximum Gasteiger partial charge on any atom is 0.221 e. The average Bonchev–Trinajstić information content (AvgIpc) is 3.00. The van der Waals surface area contributed by atoms with Gasteiger partial charge in [0.1, 0.15) is 0 Å². The molecule has 20 heavy (non-hydrogen) atoms. The van der Waals surface area contributed by atoms with Crippen LogP contribution in [0.15, 0.2) is 30.5 Å². The molecule has 0 aliphatic carbocycles. The van der Waals surface area contributed by atoms with Gasteiger partial charge in [-0.2, -0.15) is 0 Å². The number of fused-ring (bicyclic) bond motifs is 1. The summed E-state index contributed by atoms with van der Waals surface area (Å²) in [7, 11) is 1.94. The lowest BCUT2D eigenvalue weighted by Crippen LogP contribution is -2.13. The first kappa shape index (κ1) is 13.3. The first-order chi connectivity index (χ1) is 9.88. The Kier molecular flexibility index (Phi) is 4.14. The molecule has 2 heterocycles. The molecule has 0 spiro atoms. The number of ether oxygens (including phenoxy) is 2. The van der Waals surface area contributed by atoms with Crippen LogP contribution in [0.2, 0.25) is 0 Å². The smallest absolute Gasteiger partial charge is 0.221 e. The van der Waals surface area contributed by atoms with E-state index in [1.54, 1.807) is 0 Å². The van der Waals surface area contributed by atoms with Gasteiger partial charge < -0.3 is 14.8 Å². The van der Waals surface area contributed by atoms with Gasteiger partial charge in [-0.1, -0.05) is 18.2 Å². The average molecular weight is 272 g/mol. The predicted octanol–water partition coefficient (Wildman–Crippen LogP) is 2.37. The number of rotatable bonds is 5. The summed E-state index contributed by atoms with van der Waals surface area (Å²) < 4.78 is 11.3. The highest BCUT2D eigenvalue weighted by atomic mass is 16.5. The van der Waals surface area contributed by atoms with Crippen molar-refractivity contribution in [2.24, 2.45) is 5.92 Å². The van der Waals surface area contributed by atoms with Crippen molar-refractivity contribution in [1.29, 1.82) is 0 Å². The normalized spacial score (nSPS) is 18.6. The minimum atomic E-state index is 0.493. The molecule has 1 N–H and O–H groups in total. The summed E-state index contributed by atoms with van der Waals surface area (Å²) in [5.41, 5.74) is 1.19. The lowest BCUT2D eigenvalue weighted by molar-refractivity contribution is 0.166. The van der Waals surface area contributed by atoms with Gasteiger partial charge in [-0.25, -0.2) is 4.98 Å². The minimum absolute atomic E-state index is 0.493. The molecular formula is C16H20N2O2. The molecule has 4 nitrogen and oxygen atoms in total. The van der Waals surface area contributed by atoms with Gasteiger partial charge in [-0.15, -0.1) is 0 Å². The molecular weight excluding hydrogens is 252 g/mol. The molecule has 0 amide bonds. The predicted molar refractivity (Wildman–Crippen MR) is 78.9 cm³/mol. The highest BCUT2D eigenvalue weighted by Crippen LogP contribution is 2.27. The molecule has 0 bridgehead atoms. The van der Waals surface area contributed by atoms with E-state index in [1.807, 2.05) is 19.3 Å². The first-order valence-corrected chi connectivity index (χ1v) is 7.10. The molecule has 4 heteroatoms. The van der Waals surface area contributed by atoms with Gasteiger partial charge in [-0.05, 0) is 30.5 Å². The lowest BCUT2D eigenvalue weighted by atomic mass is 10.1. The fourth-order valence-corrected chi connectivity index (χ4v) is 2.58. The third-order valence-electron chi connectivity index (χ3n) is 3.69. The van der Waals surface area contributed by atoms with Crippen molar-refractivity contribution >= 4 is 10.8 Å². The van der Waals surface area contributed by atoms with E-state index < -0.39 is 0 Å². The summed E-state index contributed by atoms with van der Waals surface area (Å²) in [6.07, 6.45) is 2.98. The van der Waals surface area contributed by atoms with Crippen LogP contribution >= 0.6 is 0 Å². The van der Waals surface area contributed by atoms with Crippen LogP contribution in [0, 0.1) is 5.92 Å². The third kappa shape index (κ3) is 2.76. The van der Waals surface area contributed by atoms with Crippen molar-refractivity contribution in [2.45, 2.75) is 13.0 Å². The van der Waals surface area contributed by atoms with Gasteiger partial charge in [0.2, 0.25) is 5.88 Å². The summed E-state index contributed by atoms with van der Waals surface area (Å²) >= 11 is 0. The molecule has 3 rings (SSSR count). The Morgan fingerprint density at radius 3 is 2.95 bits per heavy atom. The van der Waals surface area contributed by atoms with Gasteiger partial charge in [0.25, 0.3) is 0 Å². The Hall–Kier alpha value is -1.65. The van der Waals surface area contributed by atoms with E-state index in [9.17, 15) is 0 Å². The zero-order chi connectivity index (χ0) is 13.8. The Balaban J connectivity index is 1.85. The molecule has 0 radical (unpaired) electrons. The standard InChI is InChI=1S/C16H20N2O2/c1-17-8-13-9-18-16(15-5-3-2-4-14(13)15)20-11-12-6-7-19-10-12/h2-5,9,12,17H,6-8,10-11H2,1H3. The monoisotopic (exact) mass is 272 g/mol. The maximum absolute atomic E-state index is 5.92. The zero-order valence-corrected chi connectivity index (χ0v) is 11.8. The van der Waals surface area contributed by atoms with E-state index in [2.05, 4.69) is 28.5 Å². The summed E-state index contributed by atoms with van der Waals surface area (Å²) in [6, 6.07) is 8.27. The number of nitrogens with one attached hydrogen (secondary N) is 1. The van der Waals surface area contributed by atoms with Gasteiger partial charge in [0.15, 0.2) is 0 Å². The van der Waals surface area contributed by atoms with Crippen LogP contribution in [0.5, 0.6) is 5.88 Å². The summed E-state index contributed by atoms with van der Waals surface area (Å²) in [5, 5.41) is 5.46. The number of hydrogen-bond acceptors (Lipinski definition) is 4. The summed E-state index contributed by atoms with van der Waals surface area (Å²) in [5.74, 6) is 1.22. The van der Waals surface area contributed by atoms with Gasteiger partial charge in [-0.3, -0.25) is 0 Å². The van der Waals surface area contributed by atoms with E-state index in [0.717, 1.165) is 37.4 Å². The van der Waals surface area contributed by atoms with Crippen molar-refractivity contribution in [2.75, 3.05) is 26.9 Å². The molecule has 2 aromatic rings. The van der Waals surface area contributed by atoms with Crippen molar-refractivity contribution in [3.63, 3.8) is 0 Å². The SMILES string of the molecule is CNCc1cnc(OCC2CCOC2)c2ccccc12. The second kappa shape index (κ2) is 6.20. The van der Waals surface area contributed by atoms with Crippen LogP contribution in [-0.2, 0) is 11.3 Å². The number of aromatic nitrogens is 1. The molecule has 1 aliphatic rings. The largest absolute Gasteiger partial charge is 0.477 e. The topological polar surface area (TPSA) is 43.4 Å². The lowest BCUT2D eigenvalue weighted by Gasteiger charge is -2.13. The highest BCUT2D eigenvalue weighted by molar-refractivity contribution is 5.89. The summed E-state index contributed by atoms with van der Waals surface area (Å²) in [4.78, 5) is 4.48. The zero-order valence-electron chi connectivity index (χ0n) is 11.8. The van der Waals surface area contributed by atoms with E-state index >= 15 is 0 Å². The van der Waals surface area contributed by atoms with Crippen LogP contribution in [0.3, 0.4) is 0 Å². The van der Waals surface area contributed by atoms with Crippen LogP contribution in [0.1, 0.15) is 12.0 Å². The quantitative estimate of drug-likeness (QED) is 0.907. The third-order valence-corrected chi connectivity index (χ3v) is 3.69. The van der Waals surface area contributed by atoms with Crippen LogP contribution < -0.4 is 10.1 Å². The van der Waals surface area contributed by atoms with Crippen LogP contribution in [0.4, 0.5) is 0 Å². The van der Waals surface area contributed by atoms with Crippen molar-refractivity contribution in [1.82, 2.24) is 10.3 Å².